The zero-order chi connectivity index (χ0) is 20.7. The molecule has 2 N–H and O–H groups in total. The molecule has 2 aromatic carbocycles. The maximum absolute atomic E-state index is 12.7. The number of halogens is 3. The number of rotatable bonds is 4. The second-order valence-electron chi connectivity index (χ2n) is 6.07. The molecule has 28 heavy (non-hydrogen) atoms. The van der Waals surface area contributed by atoms with Crippen LogP contribution >= 0.6 is 0 Å². The van der Waals surface area contributed by atoms with Gasteiger partial charge in [0.1, 0.15) is 17.1 Å². The summed E-state index contributed by atoms with van der Waals surface area (Å²) in [6, 6.07) is 9.37. The zero-order valence-electron chi connectivity index (χ0n) is 14.4. The van der Waals surface area contributed by atoms with Gasteiger partial charge in [-0.3, -0.25) is 9.52 Å². The molecular weight excluding hydrogens is 399 g/mol. The summed E-state index contributed by atoms with van der Waals surface area (Å²) in [6.07, 6.45) is 0.00134. The molecule has 0 amide bonds. The SMILES string of the molecule is Cc1oc2ccc(O)cc2c(=O)c1Cc1cccc(NS(=O)(=O)C(F)(F)F)c1. The summed E-state index contributed by atoms with van der Waals surface area (Å²) in [4.78, 5) is 12.7. The number of nitrogens with one attached hydrogen (secondary N) is 1. The number of alkyl halides is 3. The van der Waals surface area contributed by atoms with Crippen LogP contribution in [0.15, 0.2) is 51.7 Å². The standard InChI is InChI=1S/C18H14F3NO5S/c1-10-14(17(24)15-9-13(23)5-6-16(15)27-10)8-11-3-2-4-12(7-11)22-28(25,26)18(19,20)21/h2-7,9,22-23H,8H2,1H3. The summed E-state index contributed by atoms with van der Waals surface area (Å²) in [6.45, 7) is 1.57. The molecule has 0 fully saturated rings. The van der Waals surface area contributed by atoms with E-state index in [0.717, 1.165) is 0 Å². The number of aryl methyl sites for hydroxylation is 1. The largest absolute Gasteiger partial charge is 0.516 e. The van der Waals surface area contributed by atoms with Gasteiger partial charge in [-0.1, -0.05) is 12.1 Å². The van der Waals surface area contributed by atoms with Gasteiger partial charge in [0, 0.05) is 17.7 Å². The molecule has 6 nitrogen and oxygen atoms in total. The van der Waals surface area contributed by atoms with Crippen LogP contribution in [-0.4, -0.2) is 19.0 Å². The number of sulfonamides is 1. The van der Waals surface area contributed by atoms with Crippen LogP contribution < -0.4 is 10.2 Å². The Morgan fingerprint density at radius 3 is 2.54 bits per heavy atom. The Hall–Kier alpha value is -3.01. The summed E-state index contributed by atoms with van der Waals surface area (Å²) in [5, 5.41) is 9.74. The smallest absolute Gasteiger partial charge is 0.508 e. The number of phenolic OH excluding ortho intramolecular Hbond substituents is 1. The van der Waals surface area contributed by atoms with Gasteiger partial charge in [0.05, 0.1) is 5.39 Å². The monoisotopic (exact) mass is 413 g/mol. The van der Waals surface area contributed by atoms with Crippen molar-refractivity contribution < 1.29 is 31.1 Å². The third-order valence-electron chi connectivity index (χ3n) is 4.03. The van der Waals surface area contributed by atoms with E-state index in [1.54, 1.807) is 6.92 Å². The molecule has 1 heterocycles. The molecular formula is C18H14F3NO5S. The molecule has 0 unspecified atom stereocenters. The van der Waals surface area contributed by atoms with E-state index < -0.39 is 21.0 Å². The lowest BCUT2D eigenvalue weighted by Gasteiger charge is -2.12. The predicted octanol–water partition coefficient (Wildman–Crippen LogP) is 3.66. The van der Waals surface area contributed by atoms with E-state index in [4.69, 9.17) is 4.42 Å². The van der Waals surface area contributed by atoms with Gasteiger partial charge < -0.3 is 9.52 Å². The molecule has 3 rings (SSSR count). The van der Waals surface area contributed by atoms with Crippen molar-refractivity contribution in [2.75, 3.05) is 4.72 Å². The van der Waals surface area contributed by atoms with Gasteiger partial charge in [0.15, 0.2) is 5.43 Å². The fourth-order valence-electron chi connectivity index (χ4n) is 2.70. The third-order valence-corrected chi connectivity index (χ3v) is 5.15. The van der Waals surface area contributed by atoms with E-state index in [-0.39, 0.29) is 34.4 Å². The van der Waals surface area contributed by atoms with Gasteiger partial charge in [0.2, 0.25) is 0 Å². The molecule has 0 aliphatic carbocycles. The molecule has 148 valence electrons. The van der Waals surface area contributed by atoms with Gasteiger partial charge in [-0.2, -0.15) is 21.6 Å². The highest BCUT2D eigenvalue weighted by Crippen LogP contribution is 2.26. The average molecular weight is 413 g/mol. The summed E-state index contributed by atoms with van der Waals surface area (Å²) in [5.41, 5.74) is -5.19. The van der Waals surface area contributed by atoms with Gasteiger partial charge >= 0.3 is 15.5 Å². The lowest BCUT2D eigenvalue weighted by Crippen LogP contribution is -2.29. The van der Waals surface area contributed by atoms with Crippen molar-refractivity contribution in [1.29, 1.82) is 0 Å². The first-order chi connectivity index (χ1) is 13.0. The Kier molecular flexibility index (Phi) is 4.84. The molecule has 10 heteroatoms. The summed E-state index contributed by atoms with van der Waals surface area (Å²) in [7, 11) is -5.55. The normalized spacial score (nSPS) is 12.3. The Labute approximate surface area is 157 Å². The van der Waals surface area contributed by atoms with Crippen LogP contribution in [-0.2, 0) is 16.4 Å². The summed E-state index contributed by atoms with van der Waals surface area (Å²) in [5.74, 6) is 0.197. The highest BCUT2D eigenvalue weighted by atomic mass is 32.2. The quantitative estimate of drug-likeness (QED) is 0.681. The molecule has 0 spiro atoms. The van der Waals surface area contributed by atoms with Crippen molar-refractivity contribution in [3.63, 3.8) is 0 Å². The van der Waals surface area contributed by atoms with E-state index in [2.05, 4.69) is 0 Å². The van der Waals surface area contributed by atoms with Crippen molar-refractivity contribution in [3.8, 4) is 5.75 Å². The van der Waals surface area contributed by atoms with Crippen LogP contribution in [0.2, 0.25) is 0 Å². The molecule has 1 aromatic heterocycles. The minimum atomic E-state index is -5.55. The van der Waals surface area contributed by atoms with Crippen LogP contribution in [0.3, 0.4) is 0 Å². The number of benzene rings is 2. The van der Waals surface area contributed by atoms with Crippen LogP contribution in [0.4, 0.5) is 18.9 Å². The molecule has 0 saturated carbocycles. The fraction of sp³-hybridized carbons (Fsp3) is 0.167. The maximum atomic E-state index is 12.7. The first kappa shape index (κ1) is 19.7. The molecule has 0 aliphatic heterocycles. The Bertz CT molecular complexity index is 1220. The second kappa shape index (κ2) is 6.86. The van der Waals surface area contributed by atoms with Crippen LogP contribution in [0, 0.1) is 6.92 Å². The Balaban J connectivity index is 1.98. The summed E-state index contributed by atoms with van der Waals surface area (Å²) >= 11 is 0. The highest BCUT2D eigenvalue weighted by molar-refractivity contribution is 7.93. The van der Waals surface area contributed by atoms with E-state index in [9.17, 15) is 31.5 Å². The lowest BCUT2D eigenvalue weighted by molar-refractivity contribution is -0.0429. The molecule has 3 aromatic rings. The first-order valence-electron chi connectivity index (χ1n) is 7.91. The van der Waals surface area contributed by atoms with Gasteiger partial charge in [0.25, 0.3) is 0 Å². The number of hydrogen-bond acceptors (Lipinski definition) is 5. The molecule has 0 atom stereocenters. The van der Waals surface area contributed by atoms with Gasteiger partial charge in [-0.25, -0.2) is 0 Å². The number of anilines is 1. The lowest BCUT2D eigenvalue weighted by atomic mass is 10.0. The van der Waals surface area contributed by atoms with E-state index >= 15 is 0 Å². The number of fused-ring (bicyclic) bond motifs is 1. The van der Waals surface area contributed by atoms with Crippen molar-refractivity contribution >= 4 is 26.7 Å². The molecule has 0 aliphatic rings. The Morgan fingerprint density at radius 2 is 1.86 bits per heavy atom. The van der Waals surface area contributed by atoms with Gasteiger partial charge in [-0.05, 0) is 42.8 Å². The molecule has 0 bridgehead atoms. The predicted molar refractivity (Wildman–Crippen MR) is 96.7 cm³/mol. The second-order valence-corrected chi connectivity index (χ2v) is 7.75. The van der Waals surface area contributed by atoms with Crippen LogP contribution in [0.25, 0.3) is 11.0 Å². The first-order valence-corrected chi connectivity index (χ1v) is 9.39. The fourth-order valence-corrected chi connectivity index (χ4v) is 3.25. The van der Waals surface area contributed by atoms with Crippen LogP contribution in [0.1, 0.15) is 16.9 Å². The number of phenols is 1. The summed E-state index contributed by atoms with van der Waals surface area (Å²) < 4.78 is 67.1. The van der Waals surface area contributed by atoms with Crippen molar-refractivity contribution in [2.24, 2.45) is 0 Å². The number of aromatic hydroxyl groups is 1. The molecule has 0 saturated heterocycles. The van der Waals surface area contributed by atoms with Crippen molar-refractivity contribution in [2.45, 2.75) is 18.9 Å². The Morgan fingerprint density at radius 1 is 1.14 bits per heavy atom. The van der Waals surface area contributed by atoms with E-state index in [1.807, 2.05) is 0 Å². The van der Waals surface area contributed by atoms with Crippen molar-refractivity contribution in [1.82, 2.24) is 0 Å². The zero-order valence-corrected chi connectivity index (χ0v) is 15.2. The van der Waals surface area contributed by atoms with E-state index in [0.29, 0.717) is 11.3 Å². The van der Waals surface area contributed by atoms with Crippen molar-refractivity contribution in [3.05, 3.63) is 69.6 Å². The maximum Gasteiger partial charge on any atom is 0.516 e. The van der Waals surface area contributed by atoms with Crippen LogP contribution in [0.5, 0.6) is 5.75 Å². The van der Waals surface area contributed by atoms with E-state index in [1.165, 1.54) is 47.2 Å². The third kappa shape index (κ3) is 3.81. The van der Waals surface area contributed by atoms with Gasteiger partial charge in [-0.15, -0.1) is 0 Å². The average Bonchev–Trinajstić information content (AvgIpc) is 2.58. The number of hydrogen-bond donors (Lipinski definition) is 2. The topological polar surface area (TPSA) is 96.6 Å². The minimum Gasteiger partial charge on any atom is -0.508 e. The minimum absolute atomic E-state index is 0.00134. The molecule has 0 radical (unpaired) electrons. The highest BCUT2D eigenvalue weighted by Gasteiger charge is 2.46.